The summed E-state index contributed by atoms with van der Waals surface area (Å²) in [4.78, 5) is 11.5. The second-order valence-electron chi connectivity index (χ2n) is 4.69. The molecule has 6 heteroatoms. The SMILES string of the molecule is COC(=O)c1nn(CC2COc3ccccc32)cc1N. The summed E-state index contributed by atoms with van der Waals surface area (Å²) in [5, 5.41) is 4.18. The fourth-order valence-electron chi connectivity index (χ4n) is 2.39. The lowest BCUT2D eigenvalue weighted by molar-refractivity contribution is 0.0594. The van der Waals surface area contributed by atoms with E-state index in [9.17, 15) is 4.79 Å². The molecule has 1 aromatic heterocycles. The van der Waals surface area contributed by atoms with Crippen molar-refractivity contribution in [3.8, 4) is 5.75 Å². The van der Waals surface area contributed by atoms with Crippen LogP contribution in [0.25, 0.3) is 0 Å². The van der Waals surface area contributed by atoms with Crippen LogP contribution in [0.15, 0.2) is 30.5 Å². The van der Waals surface area contributed by atoms with Gasteiger partial charge >= 0.3 is 5.97 Å². The summed E-state index contributed by atoms with van der Waals surface area (Å²) < 4.78 is 11.9. The topological polar surface area (TPSA) is 79.4 Å². The normalized spacial score (nSPS) is 16.6. The van der Waals surface area contributed by atoms with E-state index in [2.05, 4.69) is 9.84 Å². The Kier molecular flexibility index (Phi) is 3.06. The van der Waals surface area contributed by atoms with Gasteiger partial charge in [-0.05, 0) is 6.07 Å². The molecule has 1 aliphatic rings. The van der Waals surface area contributed by atoms with Crippen molar-refractivity contribution in [2.24, 2.45) is 0 Å². The van der Waals surface area contributed by atoms with Gasteiger partial charge < -0.3 is 15.2 Å². The van der Waals surface area contributed by atoms with E-state index in [1.807, 2.05) is 24.3 Å². The number of carbonyl (C=O) groups is 1. The molecule has 0 radical (unpaired) electrons. The van der Waals surface area contributed by atoms with Gasteiger partial charge in [0.05, 0.1) is 25.9 Å². The molecule has 0 saturated heterocycles. The molecule has 0 amide bonds. The van der Waals surface area contributed by atoms with Crippen LogP contribution in [0.2, 0.25) is 0 Å². The maximum Gasteiger partial charge on any atom is 0.360 e. The zero-order valence-electron chi connectivity index (χ0n) is 11.1. The molecule has 1 aliphatic heterocycles. The molecule has 0 aliphatic carbocycles. The van der Waals surface area contributed by atoms with Crippen molar-refractivity contribution in [2.45, 2.75) is 12.5 Å². The summed E-state index contributed by atoms with van der Waals surface area (Å²) >= 11 is 0. The van der Waals surface area contributed by atoms with Crippen LogP contribution >= 0.6 is 0 Å². The Morgan fingerprint density at radius 2 is 2.35 bits per heavy atom. The first-order chi connectivity index (χ1) is 9.69. The maximum absolute atomic E-state index is 11.5. The second kappa shape index (κ2) is 4.88. The van der Waals surface area contributed by atoms with Crippen molar-refractivity contribution in [3.63, 3.8) is 0 Å². The van der Waals surface area contributed by atoms with Crippen LogP contribution in [-0.4, -0.2) is 29.5 Å². The molecule has 6 nitrogen and oxygen atoms in total. The number of ether oxygens (including phenoxy) is 2. The Bertz CT molecular complexity index is 651. The van der Waals surface area contributed by atoms with Crippen LogP contribution in [-0.2, 0) is 11.3 Å². The molecule has 104 valence electrons. The Balaban J connectivity index is 1.81. The highest BCUT2D eigenvalue weighted by atomic mass is 16.5. The molecule has 2 aromatic rings. The number of nitrogen functional groups attached to an aromatic ring is 1. The van der Waals surface area contributed by atoms with Crippen molar-refractivity contribution in [2.75, 3.05) is 19.5 Å². The number of hydrogen-bond donors (Lipinski definition) is 1. The van der Waals surface area contributed by atoms with E-state index in [0.29, 0.717) is 18.8 Å². The third-order valence-electron chi connectivity index (χ3n) is 3.38. The summed E-state index contributed by atoms with van der Waals surface area (Å²) in [7, 11) is 1.31. The number of anilines is 1. The largest absolute Gasteiger partial charge is 0.493 e. The molecule has 1 aromatic carbocycles. The zero-order valence-corrected chi connectivity index (χ0v) is 11.1. The first-order valence-electron chi connectivity index (χ1n) is 6.32. The van der Waals surface area contributed by atoms with Crippen molar-refractivity contribution in [3.05, 3.63) is 41.7 Å². The molecule has 3 rings (SSSR count). The Morgan fingerprint density at radius 3 is 3.15 bits per heavy atom. The third-order valence-corrected chi connectivity index (χ3v) is 3.38. The summed E-state index contributed by atoms with van der Waals surface area (Å²) in [6.45, 7) is 1.21. The summed E-state index contributed by atoms with van der Waals surface area (Å²) in [6.07, 6.45) is 1.65. The first-order valence-corrected chi connectivity index (χ1v) is 6.32. The van der Waals surface area contributed by atoms with Gasteiger partial charge in [-0.15, -0.1) is 0 Å². The smallest absolute Gasteiger partial charge is 0.360 e. The van der Waals surface area contributed by atoms with Gasteiger partial charge in [-0.3, -0.25) is 4.68 Å². The number of esters is 1. The number of nitrogens with zero attached hydrogens (tertiary/aromatic N) is 2. The van der Waals surface area contributed by atoms with E-state index in [-0.39, 0.29) is 11.6 Å². The lowest BCUT2D eigenvalue weighted by atomic mass is 10.0. The van der Waals surface area contributed by atoms with Crippen LogP contribution < -0.4 is 10.5 Å². The van der Waals surface area contributed by atoms with Crippen LogP contribution in [0.5, 0.6) is 5.75 Å². The molecule has 2 heterocycles. The van der Waals surface area contributed by atoms with E-state index in [0.717, 1.165) is 11.3 Å². The summed E-state index contributed by atoms with van der Waals surface area (Å²) in [5.74, 6) is 0.589. The number of nitrogens with two attached hydrogens (primary N) is 1. The maximum atomic E-state index is 11.5. The fraction of sp³-hybridized carbons (Fsp3) is 0.286. The van der Waals surface area contributed by atoms with E-state index in [4.69, 9.17) is 10.5 Å². The quantitative estimate of drug-likeness (QED) is 0.856. The molecule has 0 spiro atoms. The number of para-hydroxylation sites is 1. The Hall–Kier alpha value is -2.50. The molecular formula is C14H15N3O3. The molecule has 2 N–H and O–H groups in total. The molecule has 0 saturated carbocycles. The predicted molar refractivity (Wildman–Crippen MR) is 72.7 cm³/mol. The third kappa shape index (κ3) is 2.09. The van der Waals surface area contributed by atoms with E-state index in [1.54, 1.807) is 10.9 Å². The van der Waals surface area contributed by atoms with Gasteiger partial charge in [0.25, 0.3) is 0 Å². The van der Waals surface area contributed by atoms with Gasteiger partial charge in [0.2, 0.25) is 0 Å². The molecule has 0 bridgehead atoms. The van der Waals surface area contributed by atoms with Gasteiger partial charge in [0, 0.05) is 17.7 Å². The average molecular weight is 273 g/mol. The van der Waals surface area contributed by atoms with Gasteiger partial charge in [0.15, 0.2) is 5.69 Å². The minimum Gasteiger partial charge on any atom is -0.493 e. The van der Waals surface area contributed by atoms with E-state index < -0.39 is 5.97 Å². The minimum atomic E-state index is -0.524. The molecule has 20 heavy (non-hydrogen) atoms. The summed E-state index contributed by atoms with van der Waals surface area (Å²) in [5.41, 5.74) is 7.40. The standard InChI is InChI=1S/C14H15N3O3/c1-19-14(18)13-11(15)7-17(16-13)6-9-8-20-12-5-3-2-4-10(9)12/h2-5,7,9H,6,8,15H2,1H3. The second-order valence-corrected chi connectivity index (χ2v) is 4.69. The predicted octanol–water partition coefficient (Wildman–Crippen LogP) is 1.43. The number of benzene rings is 1. The van der Waals surface area contributed by atoms with E-state index in [1.165, 1.54) is 7.11 Å². The number of aromatic nitrogens is 2. The minimum absolute atomic E-state index is 0.153. The average Bonchev–Trinajstić information content (AvgIpc) is 3.03. The van der Waals surface area contributed by atoms with E-state index >= 15 is 0 Å². The lowest BCUT2D eigenvalue weighted by Gasteiger charge is -2.08. The zero-order chi connectivity index (χ0) is 14.1. The van der Waals surface area contributed by atoms with Crippen molar-refractivity contribution >= 4 is 11.7 Å². The Morgan fingerprint density at radius 1 is 1.55 bits per heavy atom. The van der Waals surface area contributed by atoms with Crippen LogP contribution in [0.3, 0.4) is 0 Å². The summed E-state index contributed by atoms with van der Waals surface area (Å²) in [6, 6.07) is 7.92. The van der Waals surface area contributed by atoms with Gasteiger partial charge in [-0.2, -0.15) is 5.10 Å². The van der Waals surface area contributed by atoms with Crippen molar-refractivity contribution in [1.82, 2.24) is 9.78 Å². The molecule has 1 unspecified atom stereocenters. The van der Waals surface area contributed by atoms with Crippen LogP contribution in [0.1, 0.15) is 22.0 Å². The highest BCUT2D eigenvalue weighted by Crippen LogP contribution is 2.34. The molecule has 0 fully saturated rings. The number of carbonyl (C=O) groups excluding carboxylic acids is 1. The molecule has 1 atom stereocenters. The van der Waals surface area contributed by atoms with Gasteiger partial charge in [-0.25, -0.2) is 4.79 Å². The van der Waals surface area contributed by atoms with Crippen LogP contribution in [0, 0.1) is 0 Å². The fourth-order valence-corrected chi connectivity index (χ4v) is 2.39. The van der Waals surface area contributed by atoms with Gasteiger partial charge in [0.1, 0.15) is 5.75 Å². The number of hydrogen-bond acceptors (Lipinski definition) is 5. The lowest BCUT2D eigenvalue weighted by Crippen LogP contribution is -2.12. The number of rotatable bonds is 3. The number of methoxy groups -OCH3 is 1. The number of fused-ring (bicyclic) bond motifs is 1. The highest BCUT2D eigenvalue weighted by molar-refractivity contribution is 5.92. The monoisotopic (exact) mass is 273 g/mol. The Labute approximate surface area is 116 Å². The van der Waals surface area contributed by atoms with Crippen LogP contribution in [0.4, 0.5) is 5.69 Å². The first kappa shape index (κ1) is 12.5. The molecular weight excluding hydrogens is 258 g/mol. The van der Waals surface area contributed by atoms with Crippen molar-refractivity contribution < 1.29 is 14.3 Å². The highest BCUT2D eigenvalue weighted by Gasteiger charge is 2.25. The van der Waals surface area contributed by atoms with Gasteiger partial charge in [-0.1, -0.05) is 18.2 Å². The van der Waals surface area contributed by atoms with Crippen molar-refractivity contribution in [1.29, 1.82) is 0 Å².